The van der Waals surface area contributed by atoms with Crippen molar-refractivity contribution in [2.24, 2.45) is 0 Å². The Labute approximate surface area is 146 Å². The van der Waals surface area contributed by atoms with Crippen LogP contribution in [0.3, 0.4) is 0 Å². The monoisotopic (exact) mass is 360 g/mol. The van der Waals surface area contributed by atoms with Crippen molar-refractivity contribution in [1.82, 2.24) is 4.98 Å². The van der Waals surface area contributed by atoms with Crippen molar-refractivity contribution < 1.29 is 23.5 Å². The van der Waals surface area contributed by atoms with Gasteiger partial charge in [0.25, 0.3) is 0 Å². The van der Waals surface area contributed by atoms with E-state index in [0.717, 1.165) is 6.07 Å². The van der Waals surface area contributed by atoms with Crippen LogP contribution in [-0.4, -0.2) is 31.5 Å². The summed E-state index contributed by atoms with van der Waals surface area (Å²) in [5.41, 5.74) is 1.49. The summed E-state index contributed by atoms with van der Waals surface area (Å²) in [6, 6.07) is 7.36. The van der Waals surface area contributed by atoms with Crippen molar-refractivity contribution in [1.29, 1.82) is 0 Å². The maximum atomic E-state index is 13.7. The second-order valence-corrected chi connectivity index (χ2v) is 6.04. The Morgan fingerprint density at radius 3 is 2.76 bits per heavy atom. The summed E-state index contributed by atoms with van der Waals surface area (Å²) in [7, 11) is 2.70. The number of thiazole rings is 1. The Kier molecular flexibility index (Phi) is 4.62. The summed E-state index contributed by atoms with van der Waals surface area (Å²) in [5.74, 6) is -0.777. The Balaban J connectivity index is 2.00. The third-order valence-corrected chi connectivity index (χ3v) is 4.39. The van der Waals surface area contributed by atoms with Crippen LogP contribution in [0.25, 0.3) is 10.2 Å². The van der Waals surface area contributed by atoms with Crippen LogP contribution in [0.4, 0.5) is 15.2 Å². The average molecular weight is 360 g/mol. The van der Waals surface area contributed by atoms with Crippen LogP contribution < -0.4 is 10.1 Å². The fourth-order valence-corrected chi connectivity index (χ4v) is 3.26. The maximum absolute atomic E-state index is 13.7. The van der Waals surface area contributed by atoms with Crippen molar-refractivity contribution in [2.75, 3.05) is 19.5 Å². The number of benzene rings is 2. The van der Waals surface area contributed by atoms with Gasteiger partial charge in [0.2, 0.25) is 0 Å². The number of halogens is 1. The number of hydrogen-bond donors (Lipinski definition) is 1. The van der Waals surface area contributed by atoms with Gasteiger partial charge in [-0.3, -0.25) is 4.79 Å². The lowest BCUT2D eigenvalue weighted by Crippen LogP contribution is -2.02. The second kappa shape index (κ2) is 6.86. The molecule has 0 spiro atoms. The Morgan fingerprint density at radius 1 is 1.28 bits per heavy atom. The molecular weight excluding hydrogens is 347 g/mol. The number of esters is 1. The molecule has 0 fully saturated rings. The summed E-state index contributed by atoms with van der Waals surface area (Å²) in [5, 5.41) is 3.52. The van der Waals surface area contributed by atoms with Gasteiger partial charge >= 0.3 is 5.97 Å². The zero-order chi connectivity index (χ0) is 18.0. The minimum absolute atomic E-state index is 0.0654. The van der Waals surface area contributed by atoms with Crippen molar-refractivity contribution in [2.45, 2.75) is 0 Å². The predicted molar refractivity (Wildman–Crippen MR) is 92.6 cm³/mol. The molecule has 3 aromatic rings. The lowest BCUT2D eigenvalue weighted by Gasteiger charge is -2.07. The number of aldehydes is 1. The fraction of sp³-hybridized carbons (Fsp3) is 0.118. The molecule has 128 valence electrons. The highest BCUT2D eigenvalue weighted by Gasteiger charge is 2.17. The van der Waals surface area contributed by atoms with Crippen molar-refractivity contribution >= 4 is 44.6 Å². The summed E-state index contributed by atoms with van der Waals surface area (Å²) >= 11 is 1.19. The van der Waals surface area contributed by atoms with E-state index in [1.165, 1.54) is 31.6 Å². The first-order valence-corrected chi connectivity index (χ1v) is 7.96. The highest BCUT2D eigenvalue weighted by molar-refractivity contribution is 7.22. The highest BCUT2D eigenvalue weighted by Crippen LogP contribution is 2.32. The summed E-state index contributed by atoms with van der Waals surface area (Å²) in [6.45, 7) is 0. The number of hydrogen-bond acceptors (Lipinski definition) is 7. The van der Waals surface area contributed by atoms with Gasteiger partial charge in [-0.2, -0.15) is 0 Å². The molecule has 0 amide bonds. The quantitative estimate of drug-likeness (QED) is 0.551. The van der Waals surface area contributed by atoms with Crippen LogP contribution in [0.1, 0.15) is 20.7 Å². The predicted octanol–water partition coefficient (Wildman–Crippen LogP) is 3.79. The fourth-order valence-electron chi connectivity index (χ4n) is 2.32. The van der Waals surface area contributed by atoms with E-state index >= 15 is 0 Å². The number of ether oxygens (including phenoxy) is 2. The number of fused-ring (bicyclic) bond motifs is 1. The van der Waals surface area contributed by atoms with E-state index in [9.17, 15) is 14.0 Å². The topological polar surface area (TPSA) is 77.5 Å². The van der Waals surface area contributed by atoms with Gasteiger partial charge in [-0.25, -0.2) is 14.2 Å². The molecular formula is C17H13FN2O4S. The van der Waals surface area contributed by atoms with E-state index in [-0.39, 0.29) is 5.56 Å². The first-order chi connectivity index (χ1) is 12.0. The zero-order valence-corrected chi connectivity index (χ0v) is 14.1. The SMILES string of the molecule is COC(=O)c1cc(F)cc2sc(Nc3ccc(C=O)c(OC)c3)nc12. The molecule has 1 aromatic heterocycles. The summed E-state index contributed by atoms with van der Waals surface area (Å²) in [4.78, 5) is 27.1. The van der Waals surface area contributed by atoms with Gasteiger partial charge in [-0.1, -0.05) is 11.3 Å². The largest absolute Gasteiger partial charge is 0.496 e. The van der Waals surface area contributed by atoms with Gasteiger partial charge < -0.3 is 14.8 Å². The van der Waals surface area contributed by atoms with Crippen LogP contribution in [0.2, 0.25) is 0 Å². The van der Waals surface area contributed by atoms with Gasteiger partial charge in [0.1, 0.15) is 11.6 Å². The lowest BCUT2D eigenvalue weighted by molar-refractivity contribution is 0.0602. The molecule has 0 saturated carbocycles. The lowest BCUT2D eigenvalue weighted by atomic mass is 10.2. The van der Waals surface area contributed by atoms with E-state index in [0.29, 0.717) is 38.6 Å². The molecule has 0 aliphatic rings. The van der Waals surface area contributed by atoms with Crippen molar-refractivity contribution in [3.63, 3.8) is 0 Å². The molecule has 8 heteroatoms. The molecule has 0 bridgehead atoms. The van der Waals surface area contributed by atoms with Gasteiger partial charge in [-0.05, 0) is 24.3 Å². The molecule has 6 nitrogen and oxygen atoms in total. The minimum atomic E-state index is -0.654. The van der Waals surface area contributed by atoms with Gasteiger partial charge in [-0.15, -0.1) is 0 Å². The van der Waals surface area contributed by atoms with Gasteiger partial charge in [0.05, 0.1) is 35.6 Å². The Bertz CT molecular complexity index is 971. The van der Waals surface area contributed by atoms with E-state index in [2.05, 4.69) is 15.0 Å². The molecule has 3 rings (SSSR count). The highest BCUT2D eigenvalue weighted by atomic mass is 32.1. The van der Waals surface area contributed by atoms with E-state index in [1.807, 2.05) is 0 Å². The number of aromatic nitrogens is 1. The third-order valence-electron chi connectivity index (χ3n) is 3.48. The molecule has 0 aliphatic heterocycles. The van der Waals surface area contributed by atoms with E-state index in [1.54, 1.807) is 18.2 Å². The normalized spacial score (nSPS) is 10.5. The van der Waals surface area contributed by atoms with Gasteiger partial charge in [0.15, 0.2) is 11.4 Å². The third kappa shape index (κ3) is 3.29. The number of nitrogens with zero attached hydrogens (tertiary/aromatic N) is 1. The first-order valence-electron chi connectivity index (χ1n) is 7.14. The Hall–Kier alpha value is -3.00. The molecule has 25 heavy (non-hydrogen) atoms. The van der Waals surface area contributed by atoms with Crippen LogP contribution in [-0.2, 0) is 4.74 Å². The zero-order valence-electron chi connectivity index (χ0n) is 13.3. The number of carbonyl (C=O) groups excluding carboxylic acids is 2. The number of carbonyl (C=O) groups is 2. The van der Waals surface area contributed by atoms with Crippen LogP contribution in [0.15, 0.2) is 30.3 Å². The Morgan fingerprint density at radius 2 is 2.08 bits per heavy atom. The van der Waals surface area contributed by atoms with Crippen molar-refractivity contribution in [3.8, 4) is 5.75 Å². The van der Waals surface area contributed by atoms with Crippen LogP contribution >= 0.6 is 11.3 Å². The molecule has 1 N–H and O–H groups in total. The molecule has 2 aromatic carbocycles. The second-order valence-electron chi connectivity index (χ2n) is 5.01. The van der Waals surface area contributed by atoms with E-state index < -0.39 is 11.8 Å². The summed E-state index contributed by atoms with van der Waals surface area (Å²) < 4.78 is 24.1. The van der Waals surface area contributed by atoms with E-state index in [4.69, 9.17) is 4.74 Å². The maximum Gasteiger partial charge on any atom is 0.340 e. The molecule has 0 radical (unpaired) electrons. The van der Waals surface area contributed by atoms with Crippen LogP contribution in [0, 0.1) is 5.82 Å². The number of methoxy groups -OCH3 is 2. The summed E-state index contributed by atoms with van der Waals surface area (Å²) in [6.07, 6.45) is 0.700. The van der Waals surface area contributed by atoms with Crippen LogP contribution in [0.5, 0.6) is 5.75 Å². The number of rotatable bonds is 5. The average Bonchev–Trinajstić information content (AvgIpc) is 3.02. The number of anilines is 2. The molecule has 0 aliphatic carbocycles. The smallest absolute Gasteiger partial charge is 0.340 e. The molecule has 0 unspecified atom stereocenters. The molecule has 1 heterocycles. The van der Waals surface area contributed by atoms with Gasteiger partial charge in [0, 0.05) is 11.8 Å². The van der Waals surface area contributed by atoms with Crippen molar-refractivity contribution in [3.05, 3.63) is 47.3 Å². The molecule has 0 saturated heterocycles. The minimum Gasteiger partial charge on any atom is -0.496 e. The standard InChI is InChI=1S/C17H13FN2O4S/c1-23-13-7-11(4-3-9(13)8-21)19-17-20-15-12(16(22)24-2)5-10(18)6-14(15)25-17/h3-8H,1-2H3,(H,19,20). The number of nitrogens with one attached hydrogen (secondary N) is 1. The first kappa shape index (κ1) is 16.8. The molecule has 0 atom stereocenters.